The van der Waals surface area contributed by atoms with Gasteiger partial charge in [0.1, 0.15) is 5.75 Å². The van der Waals surface area contributed by atoms with Crippen molar-refractivity contribution in [3.05, 3.63) is 53.6 Å². The molecule has 0 aromatic heterocycles. The van der Waals surface area contributed by atoms with Gasteiger partial charge in [0, 0.05) is 0 Å². The highest BCUT2D eigenvalue weighted by atomic mass is 19.4. The molecule has 0 unspecified atom stereocenters. The number of hydrogen-bond acceptors (Lipinski definition) is 2. The second kappa shape index (κ2) is 5.47. The summed E-state index contributed by atoms with van der Waals surface area (Å²) in [7, 11) is 1.48. The van der Waals surface area contributed by atoms with Crippen LogP contribution in [0.5, 0.6) is 5.75 Å². The van der Waals surface area contributed by atoms with E-state index in [0.717, 1.165) is 12.1 Å². The predicted molar refractivity (Wildman–Crippen MR) is 70.4 cm³/mol. The SMILES string of the molecule is COc1ccc(-c2ccc(C(F)(F)F)cc2C(=O)O)cc1. The van der Waals surface area contributed by atoms with Crippen LogP contribution < -0.4 is 4.74 Å². The fourth-order valence-corrected chi connectivity index (χ4v) is 1.92. The largest absolute Gasteiger partial charge is 0.497 e. The van der Waals surface area contributed by atoms with Crippen molar-refractivity contribution in [1.29, 1.82) is 0 Å². The lowest BCUT2D eigenvalue weighted by Crippen LogP contribution is -2.08. The van der Waals surface area contributed by atoms with Crippen molar-refractivity contribution in [3.63, 3.8) is 0 Å². The van der Waals surface area contributed by atoms with E-state index < -0.39 is 23.3 Å². The van der Waals surface area contributed by atoms with Crippen molar-refractivity contribution in [2.45, 2.75) is 6.18 Å². The number of methoxy groups -OCH3 is 1. The molecule has 110 valence electrons. The highest BCUT2D eigenvalue weighted by Crippen LogP contribution is 2.33. The Morgan fingerprint density at radius 3 is 2.19 bits per heavy atom. The Morgan fingerprint density at radius 2 is 1.71 bits per heavy atom. The lowest BCUT2D eigenvalue weighted by Gasteiger charge is -2.11. The van der Waals surface area contributed by atoms with E-state index in [-0.39, 0.29) is 5.56 Å². The van der Waals surface area contributed by atoms with Gasteiger partial charge in [0.25, 0.3) is 0 Å². The molecule has 0 aliphatic heterocycles. The maximum Gasteiger partial charge on any atom is 0.416 e. The minimum absolute atomic E-state index is 0.221. The molecule has 0 bridgehead atoms. The maximum atomic E-state index is 12.7. The Balaban J connectivity index is 2.54. The van der Waals surface area contributed by atoms with Crippen LogP contribution in [0, 0.1) is 0 Å². The molecule has 6 heteroatoms. The third-order valence-corrected chi connectivity index (χ3v) is 2.98. The van der Waals surface area contributed by atoms with Crippen molar-refractivity contribution in [2.75, 3.05) is 7.11 Å². The average molecular weight is 296 g/mol. The molecule has 0 atom stereocenters. The minimum Gasteiger partial charge on any atom is -0.497 e. The molecule has 21 heavy (non-hydrogen) atoms. The quantitative estimate of drug-likeness (QED) is 0.928. The molecule has 0 fully saturated rings. The first-order valence-corrected chi connectivity index (χ1v) is 5.92. The molecule has 0 amide bonds. The van der Waals surface area contributed by atoms with Crippen LogP contribution in [0.1, 0.15) is 15.9 Å². The first kappa shape index (κ1) is 14.9. The zero-order valence-electron chi connectivity index (χ0n) is 10.9. The van der Waals surface area contributed by atoms with E-state index in [0.29, 0.717) is 17.4 Å². The van der Waals surface area contributed by atoms with Gasteiger partial charge in [0.2, 0.25) is 0 Å². The van der Waals surface area contributed by atoms with Gasteiger partial charge in [-0.05, 0) is 35.4 Å². The monoisotopic (exact) mass is 296 g/mol. The van der Waals surface area contributed by atoms with Crippen molar-refractivity contribution in [2.24, 2.45) is 0 Å². The van der Waals surface area contributed by atoms with E-state index >= 15 is 0 Å². The number of rotatable bonds is 3. The number of benzene rings is 2. The number of hydrogen-bond donors (Lipinski definition) is 1. The van der Waals surface area contributed by atoms with E-state index in [1.165, 1.54) is 7.11 Å². The number of alkyl halides is 3. The summed E-state index contributed by atoms with van der Waals surface area (Å²) in [5.74, 6) is -0.838. The van der Waals surface area contributed by atoms with Crippen molar-refractivity contribution < 1.29 is 27.8 Å². The number of halogens is 3. The van der Waals surface area contributed by atoms with Gasteiger partial charge in [-0.25, -0.2) is 4.79 Å². The standard InChI is InChI=1S/C15H11F3O3/c1-21-11-5-2-9(3-6-11)12-7-4-10(15(16,17)18)8-13(12)14(19)20/h2-8H,1H3,(H,19,20). The van der Waals surface area contributed by atoms with Gasteiger partial charge in [0.15, 0.2) is 0 Å². The summed E-state index contributed by atoms with van der Waals surface area (Å²) in [4.78, 5) is 11.2. The third-order valence-electron chi connectivity index (χ3n) is 2.98. The van der Waals surface area contributed by atoms with Crippen molar-refractivity contribution >= 4 is 5.97 Å². The molecule has 3 nitrogen and oxygen atoms in total. The Bertz CT molecular complexity index is 661. The van der Waals surface area contributed by atoms with E-state index in [9.17, 15) is 18.0 Å². The third kappa shape index (κ3) is 3.16. The number of aromatic carboxylic acids is 1. The molecule has 0 aliphatic carbocycles. The van der Waals surface area contributed by atoms with Crippen LogP contribution in [0.15, 0.2) is 42.5 Å². The fourth-order valence-electron chi connectivity index (χ4n) is 1.92. The topological polar surface area (TPSA) is 46.5 Å². The zero-order chi connectivity index (χ0) is 15.6. The number of ether oxygens (including phenoxy) is 1. The molecular weight excluding hydrogens is 285 g/mol. The first-order valence-electron chi connectivity index (χ1n) is 5.92. The fraction of sp³-hybridized carbons (Fsp3) is 0.133. The predicted octanol–water partition coefficient (Wildman–Crippen LogP) is 4.08. The average Bonchev–Trinajstić information content (AvgIpc) is 2.45. The molecule has 0 saturated carbocycles. The van der Waals surface area contributed by atoms with E-state index in [4.69, 9.17) is 9.84 Å². The Labute approximate surface area is 118 Å². The van der Waals surface area contributed by atoms with Gasteiger partial charge >= 0.3 is 12.1 Å². The summed E-state index contributed by atoms with van der Waals surface area (Å²) < 4.78 is 42.9. The van der Waals surface area contributed by atoms with Crippen LogP contribution in [0.4, 0.5) is 13.2 Å². The number of carboxylic acid groups (broad SMARTS) is 1. The van der Waals surface area contributed by atoms with E-state index in [1.54, 1.807) is 24.3 Å². The summed E-state index contributed by atoms with van der Waals surface area (Å²) in [5, 5.41) is 9.13. The molecule has 0 saturated heterocycles. The summed E-state index contributed by atoms with van der Waals surface area (Å²) in [6, 6.07) is 9.07. The Hall–Kier alpha value is -2.50. The molecule has 0 heterocycles. The lowest BCUT2D eigenvalue weighted by molar-refractivity contribution is -0.137. The van der Waals surface area contributed by atoms with Gasteiger partial charge in [-0.2, -0.15) is 13.2 Å². The summed E-state index contributed by atoms with van der Waals surface area (Å²) in [6.45, 7) is 0. The van der Waals surface area contributed by atoms with Gasteiger partial charge in [-0.1, -0.05) is 18.2 Å². The number of carboxylic acids is 1. The van der Waals surface area contributed by atoms with Gasteiger partial charge in [-0.3, -0.25) is 0 Å². The summed E-state index contributed by atoms with van der Waals surface area (Å²) in [5.41, 5.74) is -0.660. The molecule has 2 aromatic carbocycles. The van der Waals surface area contributed by atoms with E-state index in [2.05, 4.69) is 0 Å². The molecule has 0 radical (unpaired) electrons. The molecule has 2 rings (SSSR count). The van der Waals surface area contributed by atoms with Gasteiger partial charge in [-0.15, -0.1) is 0 Å². The first-order chi connectivity index (χ1) is 9.82. The molecule has 0 spiro atoms. The zero-order valence-corrected chi connectivity index (χ0v) is 10.9. The molecule has 2 aromatic rings. The van der Waals surface area contributed by atoms with Gasteiger partial charge in [0.05, 0.1) is 18.2 Å². The molecule has 0 aliphatic rings. The van der Waals surface area contributed by atoms with Crippen LogP contribution in [0.25, 0.3) is 11.1 Å². The number of carbonyl (C=O) groups is 1. The summed E-state index contributed by atoms with van der Waals surface area (Å²) >= 11 is 0. The van der Waals surface area contributed by atoms with Crippen LogP contribution in [0.2, 0.25) is 0 Å². The summed E-state index contributed by atoms with van der Waals surface area (Å²) in [6.07, 6.45) is -4.58. The van der Waals surface area contributed by atoms with Crippen molar-refractivity contribution in [1.82, 2.24) is 0 Å². The second-order valence-electron chi connectivity index (χ2n) is 4.29. The normalized spacial score (nSPS) is 11.2. The molecular formula is C15H11F3O3. The Morgan fingerprint density at radius 1 is 1.10 bits per heavy atom. The highest BCUT2D eigenvalue weighted by Gasteiger charge is 2.31. The Kier molecular flexibility index (Phi) is 3.88. The van der Waals surface area contributed by atoms with Gasteiger partial charge < -0.3 is 9.84 Å². The highest BCUT2D eigenvalue weighted by molar-refractivity contribution is 5.96. The lowest BCUT2D eigenvalue weighted by atomic mass is 9.97. The smallest absolute Gasteiger partial charge is 0.416 e. The molecule has 1 N–H and O–H groups in total. The van der Waals surface area contributed by atoms with Crippen LogP contribution in [-0.4, -0.2) is 18.2 Å². The minimum atomic E-state index is -4.58. The second-order valence-corrected chi connectivity index (χ2v) is 4.29. The van der Waals surface area contributed by atoms with Crippen molar-refractivity contribution in [3.8, 4) is 16.9 Å². The maximum absolute atomic E-state index is 12.7. The van der Waals surface area contributed by atoms with Crippen LogP contribution in [0.3, 0.4) is 0 Å². The van der Waals surface area contributed by atoms with Crippen LogP contribution >= 0.6 is 0 Å². The van der Waals surface area contributed by atoms with E-state index in [1.807, 2.05) is 0 Å². The van der Waals surface area contributed by atoms with Crippen LogP contribution in [-0.2, 0) is 6.18 Å².